The van der Waals surface area contributed by atoms with Crippen LogP contribution in [0.25, 0.3) is 17.0 Å². The molecule has 0 aliphatic heterocycles. The fourth-order valence-electron chi connectivity index (χ4n) is 2.46. The molecular weight excluding hydrogens is 291 g/mol. The van der Waals surface area contributed by atoms with Crippen LogP contribution in [0.1, 0.15) is 11.1 Å². The molecule has 116 valence electrons. The van der Waals surface area contributed by atoms with Crippen LogP contribution in [0.5, 0.6) is 0 Å². The lowest BCUT2D eigenvalue weighted by Gasteiger charge is -2.01. The number of benzene rings is 2. The van der Waals surface area contributed by atoms with Crippen LogP contribution in [-0.2, 0) is 11.2 Å². The summed E-state index contributed by atoms with van der Waals surface area (Å²) in [4.78, 5) is 15.0. The highest BCUT2D eigenvalue weighted by molar-refractivity contribution is 5.91. The van der Waals surface area contributed by atoms with Gasteiger partial charge >= 0.3 is 0 Å². The highest BCUT2D eigenvalue weighted by Crippen LogP contribution is 2.17. The minimum atomic E-state index is -0.287. The highest BCUT2D eigenvalue weighted by Gasteiger charge is 2.03. The third kappa shape index (κ3) is 3.86. The van der Waals surface area contributed by atoms with Crippen LogP contribution < -0.4 is 5.32 Å². The van der Waals surface area contributed by atoms with Gasteiger partial charge in [0.15, 0.2) is 0 Å². The molecule has 23 heavy (non-hydrogen) atoms. The molecule has 2 aromatic carbocycles. The van der Waals surface area contributed by atoms with E-state index in [4.69, 9.17) is 0 Å². The number of carbonyl (C=O) groups excluding carboxylic acids is 1. The van der Waals surface area contributed by atoms with Crippen molar-refractivity contribution in [3.05, 3.63) is 77.7 Å². The molecule has 4 heteroatoms. The third-order valence-corrected chi connectivity index (χ3v) is 3.67. The number of hydrogen-bond acceptors (Lipinski definition) is 1. The first-order valence-electron chi connectivity index (χ1n) is 7.49. The Labute approximate surface area is 133 Å². The molecule has 0 aliphatic rings. The van der Waals surface area contributed by atoms with Gasteiger partial charge in [-0.2, -0.15) is 0 Å². The van der Waals surface area contributed by atoms with Gasteiger partial charge in [-0.3, -0.25) is 4.79 Å². The topological polar surface area (TPSA) is 44.9 Å². The summed E-state index contributed by atoms with van der Waals surface area (Å²) in [6, 6.07) is 14.1. The molecule has 0 bridgehead atoms. The van der Waals surface area contributed by atoms with E-state index in [0.29, 0.717) is 6.54 Å². The Balaban J connectivity index is 1.52. The molecule has 3 aromatic rings. The molecule has 1 aromatic heterocycles. The van der Waals surface area contributed by atoms with Gasteiger partial charge < -0.3 is 10.3 Å². The highest BCUT2D eigenvalue weighted by atomic mass is 19.1. The Kier molecular flexibility index (Phi) is 4.52. The molecule has 0 fully saturated rings. The van der Waals surface area contributed by atoms with E-state index in [1.54, 1.807) is 18.2 Å². The van der Waals surface area contributed by atoms with E-state index in [9.17, 15) is 9.18 Å². The number of amides is 1. The minimum absolute atomic E-state index is 0.158. The number of carbonyl (C=O) groups is 1. The average Bonchev–Trinajstić information content (AvgIpc) is 2.98. The molecule has 1 amide bonds. The zero-order chi connectivity index (χ0) is 16.1. The van der Waals surface area contributed by atoms with Gasteiger partial charge in [0.1, 0.15) is 5.82 Å². The average molecular weight is 308 g/mol. The molecule has 0 unspecified atom stereocenters. The molecule has 0 saturated heterocycles. The molecule has 2 N–H and O–H groups in total. The Morgan fingerprint density at radius 2 is 1.91 bits per heavy atom. The second-order valence-corrected chi connectivity index (χ2v) is 5.29. The summed E-state index contributed by atoms with van der Waals surface area (Å²) in [5, 5.41) is 4.04. The van der Waals surface area contributed by atoms with Gasteiger partial charge in [0.25, 0.3) is 0 Å². The molecule has 0 saturated carbocycles. The number of aromatic nitrogens is 1. The lowest BCUT2D eigenvalue weighted by molar-refractivity contribution is -0.116. The molecule has 3 nitrogen and oxygen atoms in total. The molecule has 0 spiro atoms. The maximum Gasteiger partial charge on any atom is 0.244 e. The molecule has 1 heterocycles. The number of para-hydroxylation sites is 1. The van der Waals surface area contributed by atoms with Crippen LogP contribution in [0, 0.1) is 5.82 Å². The summed E-state index contributed by atoms with van der Waals surface area (Å²) >= 11 is 0. The van der Waals surface area contributed by atoms with Crippen LogP contribution in [-0.4, -0.2) is 17.4 Å². The summed E-state index contributed by atoms with van der Waals surface area (Å²) in [6.45, 7) is 0.564. The normalized spacial score (nSPS) is 11.2. The van der Waals surface area contributed by atoms with E-state index in [2.05, 4.69) is 16.4 Å². The minimum Gasteiger partial charge on any atom is -0.361 e. The lowest BCUT2D eigenvalue weighted by atomic mass is 10.1. The first kappa shape index (κ1) is 15.0. The van der Waals surface area contributed by atoms with Crippen LogP contribution in [0.4, 0.5) is 4.39 Å². The molecule has 0 atom stereocenters. The molecule has 0 radical (unpaired) electrons. The van der Waals surface area contributed by atoms with Gasteiger partial charge in [-0.25, -0.2) is 4.39 Å². The van der Waals surface area contributed by atoms with E-state index >= 15 is 0 Å². The SMILES string of the molecule is O=C(/C=C/c1ccc(F)cc1)NCCc1c[nH]c2ccccc12. The van der Waals surface area contributed by atoms with Crippen molar-refractivity contribution in [1.82, 2.24) is 10.3 Å². The van der Waals surface area contributed by atoms with Crippen molar-refractivity contribution in [1.29, 1.82) is 0 Å². The number of rotatable bonds is 5. The maximum atomic E-state index is 12.8. The largest absolute Gasteiger partial charge is 0.361 e. The summed E-state index contributed by atoms with van der Waals surface area (Å²) in [6.07, 6.45) is 5.87. The number of aromatic amines is 1. The van der Waals surface area contributed by atoms with Gasteiger partial charge in [0, 0.05) is 29.7 Å². The van der Waals surface area contributed by atoms with Gasteiger partial charge in [0.05, 0.1) is 0 Å². The number of nitrogens with one attached hydrogen (secondary N) is 2. The van der Waals surface area contributed by atoms with E-state index in [-0.39, 0.29) is 11.7 Å². The van der Waals surface area contributed by atoms with Gasteiger partial charge in [-0.1, -0.05) is 30.3 Å². The quantitative estimate of drug-likeness (QED) is 0.694. The zero-order valence-electron chi connectivity index (χ0n) is 12.6. The fourth-order valence-corrected chi connectivity index (χ4v) is 2.46. The third-order valence-electron chi connectivity index (χ3n) is 3.67. The summed E-state index contributed by atoms with van der Waals surface area (Å²) in [7, 11) is 0. The van der Waals surface area contributed by atoms with Gasteiger partial charge in [-0.15, -0.1) is 0 Å². The van der Waals surface area contributed by atoms with E-state index < -0.39 is 0 Å². The van der Waals surface area contributed by atoms with E-state index in [1.807, 2.05) is 24.4 Å². The van der Waals surface area contributed by atoms with Crippen LogP contribution >= 0.6 is 0 Å². The number of H-pyrrole nitrogens is 1. The first-order valence-corrected chi connectivity index (χ1v) is 7.49. The summed E-state index contributed by atoms with van der Waals surface area (Å²) in [5.41, 5.74) is 3.08. The van der Waals surface area contributed by atoms with Crippen LogP contribution in [0.3, 0.4) is 0 Å². The van der Waals surface area contributed by atoms with Crippen molar-refractivity contribution in [2.45, 2.75) is 6.42 Å². The second-order valence-electron chi connectivity index (χ2n) is 5.29. The molecule has 3 rings (SSSR count). The van der Waals surface area contributed by atoms with Crippen LogP contribution in [0.2, 0.25) is 0 Å². The Bertz CT molecular complexity index is 834. The van der Waals surface area contributed by atoms with Crippen molar-refractivity contribution < 1.29 is 9.18 Å². The smallest absolute Gasteiger partial charge is 0.244 e. The monoisotopic (exact) mass is 308 g/mol. The second kappa shape index (κ2) is 6.92. The lowest BCUT2D eigenvalue weighted by Crippen LogP contribution is -2.23. The van der Waals surface area contributed by atoms with Crippen molar-refractivity contribution in [3.63, 3.8) is 0 Å². The zero-order valence-corrected chi connectivity index (χ0v) is 12.6. The van der Waals surface area contributed by atoms with Crippen molar-refractivity contribution >= 4 is 22.9 Å². The Morgan fingerprint density at radius 1 is 1.13 bits per heavy atom. The number of fused-ring (bicyclic) bond motifs is 1. The molecule has 0 aliphatic carbocycles. The van der Waals surface area contributed by atoms with E-state index in [1.165, 1.54) is 29.2 Å². The molecular formula is C19H17FN2O. The maximum absolute atomic E-state index is 12.8. The van der Waals surface area contributed by atoms with E-state index in [0.717, 1.165) is 17.5 Å². The fraction of sp³-hybridized carbons (Fsp3) is 0.105. The van der Waals surface area contributed by atoms with Crippen molar-refractivity contribution in [2.24, 2.45) is 0 Å². The standard InChI is InChI=1S/C19H17FN2O/c20-16-8-5-14(6-9-16)7-10-19(23)21-12-11-15-13-22-18-4-2-1-3-17(15)18/h1-10,13,22H,11-12H2,(H,21,23)/b10-7+. The summed E-state index contributed by atoms with van der Waals surface area (Å²) < 4.78 is 12.8. The first-order chi connectivity index (χ1) is 11.2. The predicted molar refractivity (Wildman–Crippen MR) is 90.4 cm³/mol. The van der Waals surface area contributed by atoms with Crippen LogP contribution in [0.15, 0.2) is 60.8 Å². The van der Waals surface area contributed by atoms with Gasteiger partial charge in [0.2, 0.25) is 5.91 Å². The van der Waals surface area contributed by atoms with Crippen molar-refractivity contribution in [3.8, 4) is 0 Å². The summed E-state index contributed by atoms with van der Waals surface area (Å²) in [5.74, 6) is -0.445. The number of hydrogen-bond donors (Lipinski definition) is 2. The van der Waals surface area contributed by atoms with Gasteiger partial charge in [-0.05, 0) is 41.8 Å². The number of halogens is 1. The Hall–Kier alpha value is -2.88. The predicted octanol–water partition coefficient (Wildman–Crippen LogP) is 3.68. The van der Waals surface area contributed by atoms with Crippen molar-refractivity contribution in [2.75, 3.05) is 6.54 Å². The Morgan fingerprint density at radius 3 is 2.74 bits per heavy atom.